The maximum atomic E-state index is 6.00. The summed E-state index contributed by atoms with van der Waals surface area (Å²) in [5, 5.41) is 3.41. The third kappa shape index (κ3) is 5.88. The van der Waals surface area contributed by atoms with Gasteiger partial charge < -0.3 is 20.7 Å². The molecule has 0 saturated carbocycles. The number of nitrogens with one attached hydrogen (secondary N) is 1. The molecule has 0 radical (unpaired) electrons. The maximum Gasteiger partial charge on any atom is 0.130 e. The number of hydrogen-bond acceptors (Lipinski definition) is 6. The predicted octanol–water partition coefficient (Wildman–Crippen LogP) is 2.03. The van der Waals surface area contributed by atoms with Crippen LogP contribution < -0.4 is 16.0 Å². The average Bonchev–Trinajstić information content (AvgIpc) is 2.55. The Hall–Kier alpha value is -1.53. The highest BCUT2D eigenvalue weighted by Crippen LogP contribution is 2.21. The lowest BCUT2D eigenvalue weighted by molar-refractivity contribution is 0.0398. The van der Waals surface area contributed by atoms with Gasteiger partial charge in [0.15, 0.2) is 0 Å². The van der Waals surface area contributed by atoms with Crippen molar-refractivity contribution in [3.05, 3.63) is 12.1 Å². The van der Waals surface area contributed by atoms with Gasteiger partial charge in [-0.25, -0.2) is 4.98 Å². The van der Waals surface area contributed by atoms with Crippen molar-refractivity contribution in [2.45, 2.75) is 26.7 Å². The number of nitrogen functional groups attached to an aromatic ring is 1. The number of nitrogens with two attached hydrogens (primary N) is 1. The molecule has 23 heavy (non-hydrogen) atoms. The zero-order valence-electron chi connectivity index (χ0n) is 14.6. The summed E-state index contributed by atoms with van der Waals surface area (Å²) in [6, 6.07) is 4.08. The highest BCUT2D eigenvalue weighted by atomic mass is 16.5. The van der Waals surface area contributed by atoms with Crippen LogP contribution in [0.5, 0.6) is 0 Å². The highest BCUT2D eigenvalue weighted by molar-refractivity contribution is 5.60. The quantitative estimate of drug-likeness (QED) is 0.725. The monoisotopic (exact) mass is 321 g/mol. The molecule has 6 heteroatoms. The summed E-state index contributed by atoms with van der Waals surface area (Å²) in [6.45, 7) is 12.1. The van der Waals surface area contributed by atoms with Crippen molar-refractivity contribution in [1.29, 1.82) is 0 Å². The minimum atomic E-state index is 0.577. The molecule has 0 bridgehead atoms. The van der Waals surface area contributed by atoms with Crippen LogP contribution in [0.1, 0.15) is 26.7 Å². The van der Waals surface area contributed by atoms with Gasteiger partial charge in [0.1, 0.15) is 11.6 Å². The fourth-order valence-electron chi connectivity index (χ4n) is 2.89. The fraction of sp³-hybridized carbons (Fsp3) is 0.706. The summed E-state index contributed by atoms with van der Waals surface area (Å²) in [6.07, 6.45) is 2.25. The summed E-state index contributed by atoms with van der Waals surface area (Å²) >= 11 is 0. The molecule has 0 aromatic carbocycles. The lowest BCUT2D eigenvalue weighted by atomic mass is 10.2. The molecule has 2 rings (SSSR count). The molecule has 6 nitrogen and oxygen atoms in total. The van der Waals surface area contributed by atoms with Crippen molar-refractivity contribution >= 4 is 17.3 Å². The van der Waals surface area contributed by atoms with Crippen LogP contribution in [0.4, 0.5) is 17.3 Å². The fourth-order valence-corrected chi connectivity index (χ4v) is 2.89. The molecule has 0 spiro atoms. The lowest BCUT2D eigenvalue weighted by Gasteiger charge is -2.27. The second-order valence-corrected chi connectivity index (χ2v) is 6.00. The first-order valence-electron chi connectivity index (χ1n) is 8.79. The molecule has 1 aliphatic heterocycles. The summed E-state index contributed by atoms with van der Waals surface area (Å²) in [7, 11) is 0. The number of pyridine rings is 1. The topological polar surface area (TPSA) is 66.7 Å². The van der Waals surface area contributed by atoms with E-state index in [1.165, 1.54) is 0 Å². The normalized spacial score (nSPS) is 15.6. The zero-order valence-corrected chi connectivity index (χ0v) is 14.6. The summed E-state index contributed by atoms with van der Waals surface area (Å²) in [5.41, 5.74) is 7.16. The molecule has 1 aromatic rings. The van der Waals surface area contributed by atoms with E-state index in [9.17, 15) is 0 Å². The maximum absolute atomic E-state index is 6.00. The van der Waals surface area contributed by atoms with Gasteiger partial charge in [0.05, 0.1) is 13.2 Å². The molecule has 0 aliphatic carbocycles. The van der Waals surface area contributed by atoms with Crippen LogP contribution >= 0.6 is 0 Å². The van der Waals surface area contributed by atoms with E-state index in [2.05, 4.69) is 40.0 Å². The Morgan fingerprint density at radius 2 is 1.91 bits per heavy atom. The largest absolute Gasteiger partial charge is 0.384 e. The van der Waals surface area contributed by atoms with Gasteiger partial charge in [-0.1, -0.05) is 13.8 Å². The van der Waals surface area contributed by atoms with Crippen LogP contribution in [0, 0.1) is 0 Å². The van der Waals surface area contributed by atoms with Crippen LogP contribution in [0.2, 0.25) is 0 Å². The molecule has 0 atom stereocenters. The standard InChI is InChI=1S/C17H31N5O/c1-3-6-22(7-4-2)15-13-16(18)20-17(14-15)19-5-8-21-9-11-23-12-10-21/h13-14H,3-12H2,1-2H3,(H3,18,19,20). The molecular weight excluding hydrogens is 290 g/mol. The van der Waals surface area contributed by atoms with E-state index in [-0.39, 0.29) is 0 Å². The van der Waals surface area contributed by atoms with Crippen LogP contribution in [0.15, 0.2) is 12.1 Å². The van der Waals surface area contributed by atoms with Crippen LogP contribution in [0.25, 0.3) is 0 Å². The Kier molecular flexibility index (Phi) is 7.42. The first-order valence-corrected chi connectivity index (χ1v) is 8.79. The van der Waals surface area contributed by atoms with Gasteiger partial charge in [0, 0.05) is 57.1 Å². The number of ether oxygens (including phenoxy) is 1. The second-order valence-electron chi connectivity index (χ2n) is 6.00. The summed E-state index contributed by atoms with van der Waals surface area (Å²) in [4.78, 5) is 9.20. The summed E-state index contributed by atoms with van der Waals surface area (Å²) < 4.78 is 5.37. The number of aromatic nitrogens is 1. The third-order valence-corrected chi connectivity index (χ3v) is 4.02. The molecule has 1 aromatic heterocycles. The molecule has 2 heterocycles. The van der Waals surface area contributed by atoms with E-state index >= 15 is 0 Å². The van der Waals surface area contributed by atoms with Gasteiger partial charge in [-0.15, -0.1) is 0 Å². The van der Waals surface area contributed by atoms with Crippen LogP contribution in [0.3, 0.4) is 0 Å². The van der Waals surface area contributed by atoms with Gasteiger partial charge in [-0.2, -0.15) is 0 Å². The molecule has 130 valence electrons. The van der Waals surface area contributed by atoms with E-state index in [4.69, 9.17) is 10.5 Å². The first-order chi connectivity index (χ1) is 11.2. The van der Waals surface area contributed by atoms with Gasteiger partial charge in [-0.3, -0.25) is 4.90 Å². The SMILES string of the molecule is CCCN(CCC)c1cc(N)nc(NCCN2CCOCC2)c1. The number of nitrogens with zero attached hydrogens (tertiary/aromatic N) is 3. The van der Waals surface area contributed by atoms with Gasteiger partial charge >= 0.3 is 0 Å². The Bertz CT molecular complexity index is 456. The predicted molar refractivity (Wildman–Crippen MR) is 97.2 cm³/mol. The number of anilines is 3. The lowest BCUT2D eigenvalue weighted by Crippen LogP contribution is -2.39. The Labute approximate surface area is 140 Å². The molecule has 0 amide bonds. The second kappa shape index (κ2) is 9.57. The molecule has 1 saturated heterocycles. The number of hydrogen-bond donors (Lipinski definition) is 2. The van der Waals surface area contributed by atoms with Gasteiger partial charge in [0.2, 0.25) is 0 Å². The molecule has 1 fully saturated rings. The highest BCUT2D eigenvalue weighted by Gasteiger charge is 2.11. The van der Waals surface area contributed by atoms with Crippen molar-refractivity contribution in [2.24, 2.45) is 0 Å². The number of rotatable bonds is 9. The van der Waals surface area contributed by atoms with E-state index < -0.39 is 0 Å². The minimum absolute atomic E-state index is 0.577. The van der Waals surface area contributed by atoms with Crippen LogP contribution in [-0.2, 0) is 4.74 Å². The Morgan fingerprint density at radius 3 is 2.57 bits per heavy atom. The van der Waals surface area contributed by atoms with E-state index in [0.29, 0.717) is 5.82 Å². The molecule has 3 N–H and O–H groups in total. The Balaban J connectivity index is 1.92. The molecule has 1 aliphatic rings. The molecular formula is C17H31N5O. The smallest absolute Gasteiger partial charge is 0.130 e. The van der Waals surface area contributed by atoms with Crippen molar-refractivity contribution < 1.29 is 4.74 Å². The minimum Gasteiger partial charge on any atom is -0.384 e. The van der Waals surface area contributed by atoms with Crippen LogP contribution in [-0.4, -0.2) is 62.4 Å². The zero-order chi connectivity index (χ0) is 16.5. The van der Waals surface area contributed by atoms with Crippen molar-refractivity contribution in [1.82, 2.24) is 9.88 Å². The van der Waals surface area contributed by atoms with E-state index in [0.717, 1.165) is 76.8 Å². The molecule has 0 unspecified atom stereocenters. The summed E-state index contributed by atoms with van der Waals surface area (Å²) in [5.74, 6) is 1.44. The van der Waals surface area contributed by atoms with Gasteiger partial charge in [-0.05, 0) is 12.8 Å². The Morgan fingerprint density at radius 1 is 1.22 bits per heavy atom. The number of morpholine rings is 1. The average molecular weight is 321 g/mol. The van der Waals surface area contributed by atoms with Crippen molar-refractivity contribution in [3.63, 3.8) is 0 Å². The third-order valence-electron chi connectivity index (χ3n) is 4.02. The van der Waals surface area contributed by atoms with E-state index in [1.807, 2.05) is 6.07 Å². The van der Waals surface area contributed by atoms with E-state index in [1.54, 1.807) is 0 Å². The first kappa shape index (κ1) is 17.8. The van der Waals surface area contributed by atoms with Crippen molar-refractivity contribution in [2.75, 3.05) is 68.4 Å². The van der Waals surface area contributed by atoms with Gasteiger partial charge in [0.25, 0.3) is 0 Å². The van der Waals surface area contributed by atoms with Crippen molar-refractivity contribution in [3.8, 4) is 0 Å².